The van der Waals surface area contributed by atoms with Gasteiger partial charge in [0.1, 0.15) is 18.0 Å². The molecule has 0 fully saturated rings. The number of nitrogens with one attached hydrogen (secondary N) is 1. The molecular formula is C10H20N6O. The fourth-order valence-electron chi connectivity index (χ4n) is 1.33. The van der Waals surface area contributed by atoms with Crippen LogP contribution in [0.4, 0.5) is 0 Å². The zero-order chi connectivity index (χ0) is 12.9. The first-order chi connectivity index (χ1) is 7.97. The van der Waals surface area contributed by atoms with Gasteiger partial charge in [-0.1, -0.05) is 19.0 Å². The summed E-state index contributed by atoms with van der Waals surface area (Å²) in [6.07, 6.45) is 2.44. The molecule has 0 radical (unpaired) electrons. The van der Waals surface area contributed by atoms with E-state index in [0.717, 1.165) is 18.8 Å². The molecule has 0 atom stereocenters. The Morgan fingerprint density at radius 1 is 1.65 bits per heavy atom. The number of aryl methyl sites for hydroxylation is 1. The lowest BCUT2D eigenvalue weighted by atomic mass is 9.88. The van der Waals surface area contributed by atoms with E-state index < -0.39 is 0 Å². The van der Waals surface area contributed by atoms with Crippen LogP contribution in [0.15, 0.2) is 11.5 Å². The van der Waals surface area contributed by atoms with Gasteiger partial charge >= 0.3 is 0 Å². The molecule has 0 unspecified atom stereocenters. The first kappa shape index (κ1) is 13.4. The average molecular weight is 240 g/mol. The van der Waals surface area contributed by atoms with Gasteiger partial charge in [0.15, 0.2) is 0 Å². The van der Waals surface area contributed by atoms with Crippen molar-refractivity contribution in [2.75, 3.05) is 6.54 Å². The second-order valence-corrected chi connectivity index (χ2v) is 4.65. The van der Waals surface area contributed by atoms with Crippen molar-refractivity contribution in [3.63, 3.8) is 0 Å². The standard InChI is InChI=1S/C10H20N6O/c1-10(2,9(11)15-17)4-5-12-6-8-14-13-7-16(8)3/h7,12,17H,4-6H2,1-3H3,(H2,11,15). The molecule has 0 saturated heterocycles. The van der Waals surface area contributed by atoms with Gasteiger partial charge in [0.2, 0.25) is 0 Å². The van der Waals surface area contributed by atoms with Crippen molar-refractivity contribution < 1.29 is 5.21 Å². The number of hydrogen-bond acceptors (Lipinski definition) is 5. The van der Waals surface area contributed by atoms with Crippen LogP contribution in [0.2, 0.25) is 0 Å². The number of oxime groups is 1. The molecule has 1 heterocycles. The maximum atomic E-state index is 8.63. The normalized spacial score (nSPS) is 13.0. The van der Waals surface area contributed by atoms with Crippen LogP contribution in [-0.4, -0.2) is 32.4 Å². The highest BCUT2D eigenvalue weighted by atomic mass is 16.4. The van der Waals surface area contributed by atoms with Gasteiger partial charge in [-0.15, -0.1) is 10.2 Å². The van der Waals surface area contributed by atoms with Crippen molar-refractivity contribution in [2.45, 2.75) is 26.8 Å². The molecule has 0 bridgehead atoms. The van der Waals surface area contributed by atoms with Gasteiger partial charge in [0, 0.05) is 12.5 Å². The summed E-state index contributed by atoms with van der Waals surface area (Å²) in [7, 11) is 1.90. The Kier molecular flexibility index (Phi) is 4.45. The maximum Gasteiger partial charge on any atom is 0.146 e. The molecule has 0 aliphatic rings. The molecule has 17 heavy (non-hydrogen) atoms. The quantitative estimate of drug-likeness (QED) is 0.215. The summed E-state index contributed by atoms with van der Waals surface area (Å²) in [4.78, 5) is 0. The molecule has 0 aromatic carbocycles. The van der Waals surface area contributed by atoms with Crippen LogP contribution in [0, 0.1) is 5.41 Å². The van der Waals surface area contributed by atoms with Crippen LogP contribution in [0.25, 0.3) is 0 Å². The van der Waals surface area contributed by atoms with E-state index in [-0.39, 0.29) is 11.3 Å². The molecule has 0 amide bonds. The fraction of sp³-hybridized carbons (Fsp3) is 0.700. The molecule has 0 aliphatic carbocycles. The molecule has 0 spiro atoms. The zero-order valence-corrected chi connectivity index (χ0v) is 10.5. The second kappa shape index (κ2) is 5.62. The Labute approximate surface area is 101 Å². The smallest absolute Gasteiger partial charge is 0.146 e. The van der Waals surface area contributed by atoms with Gasteiger partial charge in [-0.25, -0.2) is 0 Å². The van der Waals surface area contributed by atoms with E-state index in [2.05, 4.69) is 20.7 Å². The van der Waals surface area contributed by atoms with Gasteiger partial charge in [0.05, 0.1) is 6.54 Å². The molecule has 4 N–H and O–H groups in total. The van der Waals surface area contributed by atoms with Crippen LogP contribution >= 0.6 is 0 Å². The largest absolute Gasteiger partial charge is 0.409 e. The Balaban J connectivity index is 2.32. The topological polar surface area (TPSA) is 101 Å². The summed E-state index contributed by atoms with van der Waals surface area (Å²) in [5.74, 6) is 1.13. The van der Waals surface area contributed by atoms with Gasteiger partial charge in [-0.05, 0) is 13.0 Å². The minimum absolute atomic E-state index is 0.248. The third-order valence-electron chi connectivity index (χ3n) is 2.82. The van der Waals surface area contributed by atoms with E-state index in [0.29, 0.717) is 6.54 Å². The molecule has 1 aromatic rings. The molecule has 7 heteroatoms. The predicted octanol–water partition coefficient (Wildman–Crippen LogP) is 0.0674. The minimum Gasteiger partial charge on any atom is -0.409 e. The van der Waals surface area contributed by atoms with Crippen LogP contribution < -0.4 is 11.1 Å². The molecule has 1 aromatic heterocycles. The summed E-state index contributed by atoms with van der Waals surface area (Å²) >= 11 is 0. The molecule has 1 rings (SSSR count). The Hall–Kier alpha value is -1.63. The zero-order valence-electron chi connectivity index (χ0n) is 10.5. The van der Waals surface area contributed by atoms with Crippen LogP contribution in [0.3, 0.4) is 0 Å². The lowest BCUT2D eigenvalue weighted by Crippen LogP contribution is -2.35. The summed E-state index contributed by atoms with van der Waals surface area (Å²) in [6, 6.07) is 0. The highest BCUT2D eigenvalue weighted by molar-refractivity contribution is 5.85. The molecule has 0 aliphatic heterocycles. The Bertz CT molecular complexity index is 384. The van der Waals surface area contributed by atoms with Crippen LogP contribution in [0.1, 0.15) is 26.1 Å². The predicted molar refractivity (Wildman–Crippen MR) is 64.5 cm³/mol. The first-order valence-corrected chi connectivity index (χ1v) is 5.49. The molecule has 96 valence electrons. The number of aromatic nitrogens is 3. The van der Waals surface area contributed by atoms with E-state index in [9.17, 15) is 0 Å². The highest BCUT2D eigenvalue weighted by Gasteiger charge is 2.22. The number of amidine groups is 1. The third kappa shape index (κ3) is 3.70. The Morgan fingerprint density at radius 2 is 2.35 bits per heavy atom. The number of hydrogen-bond donors (Lipinski definition) is 3. The number of rotatable bonds is 6. The van der Waals surface area contributed by atoms with Crippen molar-refractivity contribution in [1.82, 2.24) is 20.1 Å². The Morgan fingerprint density at radius 3 is 2.88 bits per heavy atom. The van der Waals surface area contributed by atoms with Gasteiger partial charge < -0.3 is 20.8 Å². The van der Waals surface area contributed by atoms with E-state index in [4.69, 9.17) is 10.9 Å². The lowest BCUT2D eigenvalue weighted by Gasteiger charge is -2.22. The van der Waals surface area contributed by atoms with Crippen LogP contribution in [-0.2, 0) is 13.6 Å². The van der Waals surface area contributed by atoms with Crippen molar-refractivity contribution in [1.29, 1.82) is 0 Å². The monoisotopic (exact) mass is 240 g/mol. The highest BCUT2D eigenvalue weighted by Crippen LogP contribution is 2.19. The van der Waals surface area contributed by atoms with Gasteiger partial charge in [-0.2, -0.15) is 0 Å². The average Bonchev–Trinajstić information content (AvgIpc) is 2.69. The third-order valence-corrected chi connectivity index (χ3v) is 2.82. The van der Waals surface area contributed by atoms with E-state index in [1.54, 1.807) is 6.33 Å². The van der Waals surface area contributed by atoms with Crippen molar-refractivity contribution >= 4 is 5.84 Å². The summed E-state index contributed by atoms with van der Waals surface area (Å²) in [5, 5.41) is 22.7. The molecule has 0 saturated carbocycles. The lowest BCUT2D eigenvalue weighted by molar-refractivity contribution is 0.305. The maximum absolute atomic E-state index is 8.63. The van der Waals surface area contributed by atoms with Gasteiger partial charge in [-0.3, -0.25) is 0 Å². The fourth-order valence-corrected chi connectivity index (χ4v) is 1.33. The summed E-state index contributed by atoms with van der Waals surface area (Å²) in [6.45, 7) is 5.29. The van der Waals surface area contributed by atoms with Crippen molar-refractivity contribution in [2.24, 2.45) is 23.4 Å². The molecular weight excluding hydrogens is 220 g/mol. The van der Waals surface area contributed by atoms with E-state index in [1.165, 1.54) is 0 Å². The van der Waals surface area contributed by atoms with E-state index >= 15 is 0 Å². The summed E-state index contributed by atoms with van der Waals surface area (Å²) < 4.78 is 1.86. The second-order valence-electron chi connectivity index (χ2n) is 4.65. The van der Waals surface area contributed by atoms with E-state index in [1.807, 2.05) is 25.5 Å². The van der Waals surface area contributed by atoms with Crippen LogP contribution in [0.5, 0.6) is 0 Å². The molecule has 7 nitrogen and oxygen atoms in total. The summed E-state index contributed by atoms with van der Waals surface area (Å²) in [5.41, 5.74) is 5.28. The number of nitrogens with two attached hydrogens (primary N) is 1. The first-order valence-electron chi connectivity index (χ1n) is 5.49. The number of nitrogens with zero attached hydrogens (tertiary/aromatic N) is 4. The SMILES string of the molecule is Cn1cnnc1CNCCC(C)(C)C(N)=NO. The van der Waals surface area contributed by atoms with Gasteiger partial charge in [0.25, 0.3) is 0 Å². The van der Waals surface area contributed by atoms with Crippen molar-refractivity contribution in [3.05, 3.63) is 12.2 Å². The minimum atomic E-state index is -0.318. The van der Waals surface area contributed by atoms with Crippen molar-refractivity contribution in [3.8, 4) is 0 Å².